The van der Waals surface area contributed by atoms with Crippen LogP contribution in [-0.2, 0) is 6.18 Å². The Morgan fingerprint density at radius 3 is 2.40 bits per heavy atom. The molecule has 0 radical (unpaired) electrons. The first-order valence-electron chi connectivity index (χ1n) is 6.94. The van der Waals surface area contributed by atoms with E-state index in [2.05, 4.69) is 15.8 Å². The zero-order chi connectivity index (χ0) is 18.6. The maximum absolute atomic E-state index is 12.7. The summed E-state index contributed by atoms with van der Waals surface area (Å²) in [5.74, 6) is 0.126. The van der Waals surface area contributed by atoms with Crippen LogP contribution in [0, 0.1) is 0 Å². The second-order valence-electron chi connectivity index (χ2n) is 5.00. The van der Waals surface area contributed by atoms with Gasteiger partial charge < -0.3 is 10.4 Å². The normalized spacial score (nSPS) is 12.0. The van der Waals surface area contributed by atoms with Crippen LogP contribution in [0.3, 0.4) is 0 Å². The van der Waals surface area contributed by atoms with Crippen LogP contribution in [0.2, 0.25) is 5.02 Å². The van der Waals surface area contributed by atoms with Gasteiger partial charge in [0, 0.05) is 0 Å². The van der Waals surface area contributed by atoms with E-state index < -0.39 is 11.7 Å². The quantitative estimate of drug-likeness (QED) is 0.403. The van der Waals surface area contributed by atoms with Crippen molar-refractivity contribution in [1.29, 1.82) is 0 Å². The highest BCUT2D eigenvalue weighted by atomic mass is 35.5. The van der Waals surface area contributed by atoms with Crippen LogP contribution < -0.4 is 10.7 Å². The number of phenols is 1. The summed E-state index contributed by atoms with van der Waals surface area (Å²) in [6, 6.07) is 9.23. The minimum Gasteiger partial charge on any atom is -0.508 e. The zero-order valence-corrected chi connectivity index (χ0v) is 14.4. The fraction of sp³-hybridized carbons (Fsp3) is 0.125. The highest BCUT2D eigenvalue weighted by Gasteiger charge is 2.31. The molecular weight excluding hydrogens is 375 g/mol. The Morgan fingerprint density at radius 2 is 1.80 bits per heavy atom. The van der Waals surface area contributed by atoms with Crippen LogP contribution in [0.4, 0.5) is 18.9 Å². The van der Waals surface area contributed by atoms with Crippen molar-refractivity contribution in [3.8, 4) is 5.75 Å². The predicted octanol–water partition coefficient (Wildman–Crippen LogP) is 4.78. The van der Waals surface area contributed by atoms with Crippen LogP contribution in [0.25, 0.3) is 0 Å². The molecule has 0 heterocycles. The van der Waals surface area contributed by atoms with Gasteiger partial charge >= 0.3 is 6.18 Å². The number of hydrogen-bond donors (Lipinski definition) is 3. The second-order valence-corrected chi connectivity index (χ2v) is 5.82. The summed E-state index contributed by atoms with van der Waals surface area (Å²) in [4.78, 5) is 0. The number of thiocarbonyl (C=S) groups is 1. The van der Waals surface area contributed by atoms with Crippen molar-refractivity contribution in [2.75, 3.05) is 5.32 Å². The molecule has 0 unspecified atom stereocenters. The van der Waals surface area contributed by atoms with Gasteiger partial charge in [-0.1, -0.05) is 11.6 Å². The summed E-state index contributed by atoms with van der Waals surface area (Å²) in [6.45, 7) is 1.71. The molecule has 0 saturated carbocycles. The van der Waals surface area contributed by atoms with Crippen LogP contribution >= 0.6 is 23.8 Å². The average Bonchev–Trinajstić information content (AvgIpc) is 2.54. The molecule has 0 aliphatic carbocycles. The molecule has 9 heteroatoms. The number of hydrazone groups is 1. The van der Waals surface area contributed by atoms with Crippen LogP contribution in [-0.4, -0.2) is 15.9 Å². The van der Waals surface area contributed by atoms with Crippen molar-refractivity contribution in [3.05, 3.63) is 58.6 Å². The van der Waals surface area contributed by atoms with Gasteiger partial charge in [0.15, 0.2) is 5.11 Å². The van der Waals surface area contributed by atoms with E-state index in [1.165, 1.54) is 12.1 Å². The Morgan fingerprint density at radius 1 is 1.16 bits per heavy atom. The number of benzene rings is 2. The topological polar surface area (TPSA) is 56.7 Å². The van der Waals surface area contributed by atoms with E-state index in [1.54, 1.807) is 19.1 Å². The first-order valence-corrected chi connectivity index (χ1v) is 7.73. The number of anilines is 1. The molecule has 25 heavy (non-hydrogen) atoms. The Labute approximate surface area is 152 Å². The largest absolute Gasteiger partial charge is 0.508 e. The molecule has 0 fully saturated rings. The van der Waals surface area contributed by atoms with Gasteiger partial charge in [-0.05, 0) is 67.2 Å². The number of rotatable bonds is 3. The molecule has 0 bridgehead atoms. The lowest BCUT2D eigenvalue weighted by Gasteiger charge is -2.13. The molecular formula is C16H13ClF3N3OS. The molecule has 132 valence electrons. The fourth-order valence-electron chi connectivity index (χ4n) is 1.85. The van der Waals surface area contributed by atoms with Crippen LogP contribution in [0.5, 0.6) is 5.75 Å². The molecule has 0 atom stereocenters. The number of halogens is 4. The van der Waals surface area contributed by atoms with Gasteiger partial charge in [-0.25, -0.2) is 0 Å². The predicted molar refractivity (Wildman–Crippen MR) is 96.1 cm³/mol. The van der Waals surface area contributed by atoms with Crippen molar-refractivity contribution >= 4 is 40.3 Å². The number of alkyl halides is 3. The minimum absolute atomic E-state index is 0.0145. The van der Waals surface area contributed by atoms with Crippen LogP contribution in [0.1, 0.15) is 18.1 Å². The summed E-state index contributed by atoms with van der Waals surface area (Å²) < 4.78 is 38.2. The fourth-order valence-corrected chi connectivity index (χ4v) is 2.17. The van der Waals surface area contributed by atoms with E-state index in [1.807, 2.05) is 0 Å². The van der Waals surface area contributed by atoms with Gasteiger partial charge in [-0.15, -0.1) is 0 Å². The zero-order valence-electron chi connectivity index (χ0n) is 12.9. The van der Waals surface area contributed by atoms with E-state index in [9.17, 15) is 18.3 Å². The Hall–Kier alpha value is -2.32. The number of nitrogens with one attached hydrogen (secondary N) is 2. The maximum atomic E-state index is 12.7. The van der Waals surface area contributed by atoms with Crippen molar-refractivity contribution in [2.45, 2.75) is 13.1 Å². The molecule has 2 rings (SSSR count). The third-order valence-electron chi connectivity index (χ3n) is 3.15. The average molecular weight is 388 g/mol. The van der Waals surface area contributed by atoms with Gasteiger partial charge in [0.25, 0.3) is 0 Å². The highest BCUT2D eigenvalue weighted by Crippen LogP contribution is 2.33. The van der Waals surface area contributed by atoms with E-state index in [4.69, 9.17) is 23.8 Å². The van der Waals surface area contributed by atoms with Crippen molar-refractivity contribution in [3.63, 3.8) is 0 Å². The molecule has 0 saturated heterocycles. The molecule has 0 spiro atoms. The third kappa shape index (κ3) is 5.33. The lowest BCUT2D eigenvalue weighted by atomic mass is 10.1. The standard InChI is InChI=1S/C16H13ClF3N3OS/c1-9(10-2-5-12(24)6-3-10)22-23-15(25)21-14-8-11(16(18,19)20)4-7-13(14)17/h2-8,24H,1H3,(H2,21,23,25)/b22-9+. The summed E-state index contributed by atoms with van der Waals surface area (Å²) in [6.07, 6.45) is -4.48. The highest BCUT2D eigenvalue weighted by molar-refractivity contribution is 7.80. The van der Waals surface area contributed by atoms with Crippen molar-refractivity contribution < 1.29 is 18.3 Å². The SMILES string of the molecule is C/C(=N\NC(=S)Nc1cc(C(F)(F)F)ccc1Cl)c1ccc(O)cc1. The van der Waals surface area contributed by atoms with E-state index in [-0.39, 0.29) is 21.6 Å². The second kappa shape index (κ2) is 7.71. The summed E-state index contributed by atoms with van der Waals surface area (Å²) >= 11 is 10.9. The van der Waals surface area contributed by atoms with Gasteiger partial charge in [0.1, 0.15) is 5.75 Å². The Balaban J connectivity index is 2.07. The minimum atomic E-state index is -4.48. The van der Waals surface area contributed by atoms with Crippen molar-refractivity contribution in [2.24, 2.45) is 5.10 Å². The Kier molecular flexibility index (Phi) is 5.86. The molecule has 2 aromatic carbocycles. The lowest BCUT2D eigenvalue weighted by molar-refractivity contribution is -0.137. The molecule has 0 amide bonds. The van der Waals surface area contributed by atoms with Gasteiger partial charge in [0.05, 0.1) is 22.0 Å². The van der Waals surface area contributed by atoms with Crippen LogP contribution in [0.15, 0.2) is 47.6 Å². The first-order chi connectivity index (χ1) is 11.7. The van der Waals surface area contributed by atoms with E-state index >= 15 is 0 Å². The van der Waals surface area contributed by atoms with Crippen molar-refractivity contribution in [1.82, 2.24) is 5.43 Å². The molecule has 0 aromatic heterocycles. The molecule has 4 nitrogen and oxygen atoms in total. The number of aromatic hydroxyl groups is 1. The third-order valence-corrected chi connectivity index (χ3v) is 3.68. The number of nitrogens with zero attached hydrogens (tertiary/aromatic N) is 1. The lowest BCUT2D eigenvalue weighted by Crippen LogP contribution is -2.25. The smallest absolute Gasteiger partial charge is 0.416 e. The molecule has 0 aliphatic rings. The monoisotopic (exact) mass is 387 g/mol. The van der Waals surface area contributed by atoms with Gasteiger partial charge in [0.2, 0.25) is 0 Å². The van der Waals surface area contributed by atoms with E-state index in [0.717, 1.165) is 23.8 Å². The van der Waals surface area contributed by atoms with Gasteiger partial charge in [-0.3, -0.25) is 5.43 Å². The summed E-state index contributed by atoms with van der Waals surface area (Å²) in [5.41, 5.74) is 3.02. The summed E-state index contributed by atoms with van der Waals surface area (Å²) in [7, 11) is 0. The Bertz CT molecular complexity index is 807. The van der Waals surface area contributed by atoms with E-state index in [0.29, 0.717) is 5.71 Å². The molecule has 0 aliphatic heterocycles. The molecule has 2 aromatic rings. The summed E-state index contributed by atoms with van der Waals surface area (Å²) in [5, 5.41) is 15.9. The maximum Gasteiger partial charge on any atom is 0.416 e. The number of hydrogen-bond acceptors (Lipinski definition) is 3. The number of phenolic OH excluding ortho intramolecular Hbond substituents is 1. The first kappa shape index (κ1) is 19.0. The molecule has 3 N–H and O–H groups in total. The van der Waals surface area contributed by atoms with Gasteiger partial charge in [-0.2, -0.15) is 18.3 Å².